The monoisotopic (exact) mass is 502 g/mol. The van der Waals surface area contributed by atoms with E-state index in [2.05, 4.69) is 30.7 Å². The average Bonchev–Trinajstić information content (AvgIpc) is 2.86. The van der Waals surface area contributed by atoms with Crippen molar-refractivity contribution in [1.29, 1.82) is 0 Å². The maximum atomic E-state index is 12.3. The fraction of sp³-hybridized carbons (Fsp3) is 0.391. The van der Waals surface area contributed by atoms with E-state index >= 15 is 0 Å². The van der Waals surface area contributed by atoms with Gasteiger partial charge in [-0.1, -0.05) is 17.7 Å². The molecule has 1 aromatic carbocycles. The van der Waals surface area contributed by atoms with Gasteiger partial charge in [-0.25, -0.2) is 14.4 Å². The second kappa shape index (κ2) is 14.0. The SMILES string of the molecule is [C-]#[N+]c1ccc(NC(=O)Nc2cc(Cl)ccc2OCCCNC(=O)OCCN2CCOCC2)nc1. The van der Waals surface area contributed by atoms with Gasteiger partial charge in [0.05, 0.1) is 32.1 Å². The summed E-state index contributed by atoms with van der Waals surface area (Å²) in [4.78, 5) is 33.6. The summed E-state index contributed by atoms with van der Waals surface area (Å²) in [7, 11) is 0. The molecular weight excluding hydrogens is 476 g/mol. The molecule has 1 aliphatic rings. The number of aromatic nitrogens is 1. The third-order valence-corrected chi connectivity index (χ3v) is 5.14. The second-order valence-electron chi connectivity index (χ2n) is 7.45. The number of pyridine rings is 1. The summed E-state index contributed by atoms with van der Waals surface area (Å²) in [6.45, 7) is 11.7. The first-order valence-electron chi connectivity index (χ1n) is 11.1. The van der Waals surface area contributed by atoms with E-state index in [9.17, 15) is 9.59 Å². The fourth-order valence-electron chi connectivity index (χ4n) is 3.11. The number of urea groups is 1. The van der Waals surface area contributed by atoms with E-state index in [-0.39, 0.29) is 0 Å². The Labute approximate surface area is 208 Å². The Balaban J connectivity index is 1.37. The molecule has 2 heterocycles. The van der Waals surface area contributed by atoms with Crippen LogP contribution in [-0.2, 0) is 9.47 Å². The number of carbonyl (C=O) groups excluding carboxylic acids is 2. The smallest absolute Gasteiger partial charge is 0.407 e. The van der Waals surface area contributed by atoms with Crippen molar-refractivity contribution in [3.8, 4) is 5.75 Å². The van der Waals surface area contributed by atoms with Gasteiger partial charge in [0.2, 0.25) is 5.69 Å². The number of benzene rings is 1. The van der Waals surface area contributed by atoms with Crippen LogP contribution in [0.1, 0.15) is 6.42 Å². The highest BCUT2D eigenvalue weighted by atomic mass is 35.5. The molecule has 3 N–H and O–H groups in total. The number of carbonyl (C=O) groups is 2. The lowest BCUT2D eigenvalue weighted by atomic mass is 10.3. The van der Waals surface area contributed by atoms with Gasteiger partial charge < -0.3 is 24.8 Å². The number of nitrogens with zero attached hydrogens (tertiary/aromatic N) is 3. The minimum atomic E-state index is -0.540. The molecule has 1 fully saturated rings. The lowest BCUT2D eigenvalue weighted by Crippen LogP contribution is -2.39. The molecule has 0 unspecified atom stereocenters. The molecule has 0 bridgehead atoms. The first kappa shape index (κ1) is 26.0. The Morgan fingerprint density at radius 2 is 2.00 bits per heavy atom. The van der Waals surface area contributed by atoms with Crippen molar-refractivity contribution in [2.45, 2.75) is 6.42 Å². The number of nitrogens with one attached hydrogen (secondary N) is 3. The van der Waals surface area contributed by atoms with Crippen molar-refractivity contribution in [3.05, 3.63) is 53.0 Å². The van der Waals surface area contributed by atoms with Gasteiger partial charge in [-0.2, -0.15) is 0 Å². The largest absolute Gasteiger partial charge is 0.491 e. The number of hydrogen-bond donors (Lipinski definition) is 3. The van der Waals surface area contributed by atoms with Gasteiger partial charge in [0, 0.05) is 37.4 Å². The number of hydrogen-bond acceptors (Lipinski definition) is 7. The van der Waals surface area contributed by atoms with Crippen LogP contribution in [0.5, 0.6) is 5.75 Å². The zero-order valence-electron chi connectivity index (χ0n) is 19.1. The molecule has 0 aliphatic carbocycles. The first-order chi connectivity index (χ1) is 17.0. The maximum absolute atomic E-state index is 12.3. The highest BCUT2D eigenvalue weighted by molar-refractivity contribution is 6.31. The Morgan fingerprint density at radius 3 is 2.74 bits per heavy atom. The standard InChI is InChI=1S/C23H27ClN6O5/c1-25-18-4-6-21(27-16-18)29-22(31)28-19-15-17(24)3-5-20(19)34-11-2-7-26-23(32)35-14-10-30-8-12-33-13-9-30/h3-6,15-16H,2,7-14H2,(H,26,32)(H2,27,28,29,31). The van der Waals surface area contributed by atoms with Crippen LogP contribution in [0, 0.1) is 6.57 Å². The van der Waals surface area contributed by atoms with Crippen LogP contribution < -0.4 is 20.7 Å². The second-order valence-corrected chi connectivity index (χ2v) is 7.89. The zero-order chi connectivity index (χ0) is 24.9. The van der Waals surface area contributed by atoms with Gasteiger partial charge in [0.15, 0.2) is 0 Å². The summed E-state index contributed by atoms with van der Waals surface area (Å²) in [5, 5.41) is 8.37. The zero-order valence-corrected chi connectivity index (χ0v) is 19.8. The molecule has 0 atom stereocenters. The van der Waals surface area contributed by atoms with Crippen LogP contribution >= 0.6 is 11.6 Å². The van der Waals surface area contributed by atoms with Crippen LogP contribution in [0.3, 0.4) is 0 Å². The summed E-state index contributed by atoms with van der Waals surface area (Å²) in [6.07, 6.45) is 1.43. The summed E-state index contributed by atoms with van der Waals surface area (Å²) in [6, 6.07) is 7.40. The molecule has 12 heteroatoms. The van der Waals surface area contributed by atoms with Crippen molar-refractivity contribution in [1.82, 2.24) is 15.2 Å². The normalized spacial score (nSPS) is 13.4. The Bertz CT molecular complexity index is 1020. The molecule has 1 aromatic heterocycles. The maximum Gasteiger partial charge on any atom is 0.407 e. The van der Waals surface area contributed by atoms with Crippen LogP contribution in [0.25, 0.3) is 4.85 Å². The number of halogens is 1. The van der Waals surface area contributed by atoms with Gasteiger partial charge >= 0.3 is 12.1 Å². The molecular formula is C23H27ClN6O5. The highest BCUT2D eigenvalue weighted by Crippen LogP contribution is 2.28. The number of anilines is 2. The molecule has 35 heavy (non-hydrogen) atoms. The third kappa shape index (κ3) is 9.29. The lowest BCUT2D eigenvalue weighted by molar-refractivity contribution is 0.0281. The van der Waals surface area contributed by atoms with Crippen molar-refractivity contribution >= 4 is 40.9 Å². The van der Waals surface area contributed by atoms with E-state index in [1.165, 1.54) is 12.3 Å². The summed E-state index contributed by atoms with van der Waals surface area (Å²) < 4.78 is 16.2. The van der Waals surface area contributed by atoms with E-state index in [1.807, 2.05) is 0 Å². The summed E-state index contributed by atoms with van der Waals surface area (Å²) in [5.41, 5.74) is 0.750. The topological polar surface area (TPSA) is 118 Å². The number of rotatable bonds is 10. The van der Waals surface area contributed by atoms with E-state index in [4.69, 9.17) is 32.4 Å². The summed E-state index contributed by atoms with van der Waals surface area (Å²) in [5.74, 6) is 0.719. The molecule has 0 radical (unpaired) electrons. The molecule has 1 aliphatic heterocycles. The third-order valence-electron chi connectivity index (χ3n) is 4.90. The molecule has 2 aromatic rings. The van der Waals surface area contributed by atoms with Crippen molar-refractivity contribution in [2.24, 2.45) is 0 Å². The highest BCUT2D eigenvalue weighted by Gasteiger charge is 2.12. The first-order valence-corrected chi connectivity index (χ1v) is 11.5. The summed E-state index contributed by atoms with van der Waals surface area (Å²) >= 11 is 6.07. The van der Waals surface area contributed by atoms with E-state index in [0.29, 0.717) is 73.9 Å². The predicted molar refractivity (Wildman–Crippen MR) is 131 cm³/mol. The van der Waals surface area contributed by atoms with Gasteiger partial charge in [-0.3, -0.25) is 15.2 Å². The molecule has 0 spiro atoms. The van der Waals surface area contributed by atoms with Crippen molar-refractivity contribution < 1.29 is 23.8 Å². The quantitative estimate of drug-likeness (QED) is 0.334. The number of amides is 3. The van der Waals surface area contributed by atoms with Crippen LogP contribution in [-0.4, -0.2) is 74.6 Å². The molecule has 11 nitrogen and oxygen atoms in total. The lowest BCUT2D eigenvalue weighted by Gasteiger charge is -2.26. The van der Waals surface area contributed by atoms with Crippen LogP contribution in [0.15, 0.2) is 36.5 Å². The van der Waals surface area contributed by atoms with Gasteiger partial charge in [0.25, 0.3) is 0 Å². The van der Waals surface area contributed by atoms with Gasteiger partial charge in [0.1, 0.15) is 18.2 Å². The molecule has 3 amide bonds. The Hall–Kier alpha value is -3.59. The van der Waals surface area contributed by atoms with E-state index < -0.39 is 12.1 Å². The number of morpholine rings is 1. The Morgan fingerprint density at radius 1 is 1.17 bits per heavy atom. The molecule has 3 rings (SSSR count). The van der Waals surface area contributed by atoms with E-state index in [0.717, 1.165) is 13.1 Å². The number of ether oxygens (including phenoxy) is 3. The van der Waals surface area contributed by atoms with Crippen molar-refractivity contribution in [2.75, 3.05) is 63.2 Å². The van der Waals surface area contributed by atoms with Gasteiger partial charge in [-0.05, 0) is 30.7 Å². The van der Waals surface area contributed by atoms with Crippen LogP contribution in [0.2, 0.25) is 5.02 Å². The number of alkyl carbamates (subject to hydrolysis) is 1. The van der Waals surface area contributed by atoms with Crippen LogP contribution in [0.4, 0.5) is 26.8 Å². The predicted octanol–water partition coefficient (Wildman–Crippen LogP) is 3.76. The van der Waals surface area contributed by atoms with E-state index in [1.54, 1.807) is 24.3 Å². The minimum Gasteiger partial charge on any atom is -0.491 e. The van der Waals surface area contributed by atoms with Crippen molar-refractivity contribution in [3.63, 3.8) is 0 Å². The molecule has 186 valence electrons. The van der Waals surface area contributed by atoms with Gasteiger partial charge in [-0.15, -0.1) is 0 Å². The molecule has 0 saturated carbocycles. The fourth-order valence-corrected chi connectivity index (χ4v) is 3.28. The Kier molecular flexibility index (Phi) is 10.4. The molecule has 1 saturated heterocycles. The average molecular weight is 503 g/mol. The minimum absolute atomic E-state index is 0.294.